The third-order valence-corrected chi connectivity index (χ3v) is 2.06. The van der Waals surface area contributed by atoms with Crippen LogP contribution in [-0.4, -0.2) is 4.98 Å². The van der Waals surface area contributed by atoms with Gasteiger partial charge in [0, 0.05) is 23.2 Å². The van der Waals surface area contributed by atoms with Crippen LogP contribution in [0.1, 0.15) is 19.4 Å². The van der Waals surface area contributed by atoms with Gasteiger partial charge >= 0.3 is 0 Å². The van der Waals surface area contributed by atoms with Gasteiger partial charge in [-0.3, -0.25) is 0 Å². The Morgan fingerprint density at radius 2 is 2.07 bits per heavy atom. The van der Waals surface area contributed by atoms with Crippen molar-refractivity contribution in [1.82, 2.24) is 4.98 Å². The molecule has 0 bridgehead atoms. The van der Waals surface area contributed by atoms with Gasteiger partial charge in [-0.15, -0.1) is 0 Å². The lowest BCUT2D eigenvalue weighted by molar-refractivity contribution is 0.866. The van der Waals surface area contributed by atoms with Crippen LogP contribution in [-0.2, 0) is 0 Å². The molecule has 0 aliphatic heterocycles. The topological polar surface area (TPSA) is 15.8 Å². The van der Waals surface area contributed by atoms with Crippen LogP contribution in [0.5, 0.6) is 0 Å². The molecule has 70 valence electrons. The van der Waals surface area contributed by atoms with Gasteiger partial charge in [-0.1, -0.05) is 31.8 Å². The van der Waals surface area contributed by atoms with E-state index >= 15 is 0 Å². The smallest absolute Gasteiger partial charge is 0.0466 e. The molecule has 0 aliphatic carbocycles. The van der Waals surface area contributed by atoms with Crippen molar-refractivity contribution in [3.63, 3.8) is 0 Å². The molecule has 0 fully saturated rings. The van der Waals surface area contributed by atoms with E-state index in [0.29, 0.717) is 5.92 Å². The zero-order valence-electron chi connectivity index (χ0n) is 8.46. The van der Waals surface area contributed by atoms with Crippen molar-refractivity contribution in [3.8, 4) is 11.8 Å². The summed E-state index contributed by atoms with van der Waals surface area (Å²) in [6, 6.07) is 8.31. The average molecular weight is 183 g/mol. The number of hydrogen-bond acceptors (Lipinski definition) is 0. The summed E-state index contributed by atoms with van der Waals surface area (Å²) in [5.74, 6) is 6.74. The summed E-state index contributed by atoms with van der Waals surface area (Å²) in [5, 5.41) is 1.24. The minimum atomic E-state index is 0.425. The van der Waals surface area contributed by atoms with E-state index in [-0.39, 0.29) is 0 Å². The van der Waals surface area contributed by atoms with Crippen molar-refractivity contribution in [3.05, 3.63) is 36.0 Å². The molecule has 0 radical (unpaired) electrons. The van der Waals surface area contributed by atoms with Gasteiger partial charge in [-0.05, 0) is 23.6 Å². The lowest BCUT2D eigenvalue weighted by Gasteiger charge is -1.92. The van der Waals surface area contributed by atoms with Crippen molar-refractivity contribution in [2.45, 2.75) is 13.8 Å². The SMILES string of the molecule is CC(C)C#Cc1ccc2cc[nH]c2c1. The molecule has 0 aliphatic rings. The summed E-state index contributed by atoms with van der Waals surface area (Å²) < 4.78 is 0. The normalized spacial score (nSPS) is 10.2. The molecular formula is C13H13N. The molecule has 14 heavy (non-hydrogen) atoms. The molecule has 1 heteroatoms. The van der Waals surface area contributed by atoms with E-state index in [9.17, 15) is 0 Å². The first-order valence-corrected chi connectivity index (χ1v) is 4.84. The second kappa shape index (κ2) is 3.59. The second-order valence-electron chi connectivity index (χ2n) is 3.70. The van der Waals surface area contributed by atoms with Crippen LogP contribution >= 0.6 is 0 Å². The highest BCUT2D eigenvalue weighted by Crippen LogP contribution is 2.13. The van der Waals surface area contributed by atoms with Gasteiger partial charge in [-0.25, -0.2) is 0 Å². The summed E-state index contributed by atoms with van der Waals surface area (Å²) in [6.45, 7) is 4.19. The molecule has 2 rings (SSSR count). The Bertz CT molecular complexity index is 494. The first-order chi connectivity index (χ1) is 6.75. The summed E-state index contributed by atoms with van der Waals surface area (Å²) in [6.07, 6.45) is 1.95. The third-order valence-electron chi connectivity index (χ3n) is 2.06. The molecule has 0 spiro atoms. The molecule has 2 aromatic rings. The standard InChI is InChI=1S/C13H13N/c1-10(2)3-4-11-5-6-12-7-8-14-13(12)9-11/h5-10,14H,1-2H3. The Morgan fingerprint density at radius 1 is 1.21 bits per heavy atom. The van der Waals surface area contributed by atoms with Crippen LogP contribution in [0, 0.1) is 17.8 Å². The Hall–Kier alpha value is -1.68. The molecule has 0 saturated heterocycles. The van der Waals surface area contributed by atoms with Gasteiger partial charge in [0.25, 0.3) is 0 Å². The molecule has 1 aromatic carbocycles. The number of rotatable bonds is 0. The number of H-pyrrole nitrogens is 1. The summed E-state index contributed by atoms with van der Waals surface area (Å²) >= 11 is 0. The molecule has 0 atom stereocenters. The highest BCUT2D eigenvalue weighted by Gasteiger charge is 1.94. The maximum atomic E-state index is 3.18. The Labute approximate surface area is 84.1 Å². The van der Waals surface area contributed by atoms with Crippen molar-refractivity contribution in [2.75, 3.05) is 0 Å². The summed E-state index contributed by atoms with van der Waals surface area (Å²) in [5.41, 5.74) is 2.23. The van der Waals surface area contributed by atoms with Gasteiger partial charge in [-0.2, -0.15) is 0 Å². The maximum Gasteiger partial charge on any atom is 0.0466 e. The van der Waals surface area contributed by atoms with Gasteiger partial charge in [0.2, 0.25) is 0 Å². The van der Waals surface area contributed by atoms with Gasteiger partial charge in [0.05, 0.1) is 0 Å². The Morgan fingerprint density at radius 3 is 2.86 bits per heavy atom. The zero-order valence-corrected chi connectivity index (χ0v) is 8.46. The first kappa shape index (κ1) is 8.90. The predicted molar refractivity (Wildman–Crippen MR) is 60.0 cm³/mol. The molecular weight excluding hydrogens is 170 g/mol. The molecule has 1 aromatic heterocycles. The highest BCUT2D eigenvalue weighted by molar-refractivity contribution is 5.80. The molecule has 0 unspecified atom stereocenters. The average Bonchev–Trinajstić information content (AvgIpc) is 2.61. The fraction of sp³-hybridized carbons (Fsp3) is 0.231. The van der Waals surface area contributed by atoms with Gasteiger partial charge in [0.1, 0.15) is 0 Å². The van der Waals surface area contributed by atoms with Crippen LogP contribution in [0.25, 0.3) is 10.9 Å². The minimum Gasteiger partial charge on any atom is -0.361 e. The molecule has 0 saturated carbocycles. The summed E-state index contributed by atoms with van der Waals surface area (Å²) in [4.78, 5) is 3.18. The minimum absolute atomic E-state index is 0.425. The largest absolute Gasteiger partial charge is 0.361 e. The summed E-state index contributed by atoms with van der Waals surface area (Å²) in [7, 11) is 0. The van der Waals surface area contributed by atoms with Crippen LogP contribution < -0.4 is 0 Å². The van der Waals surface area contributed by atoms with Crippen molar-refractivity contribution < 1.29 is 0 Å². The lowest BCUT2D eigenvalue weighted by atomic mass is 10.1. The van der Waals surface area contributed by atoms with E-state index in [2.05, 4.69) is 54.9 Å². The number of nitrogens with one attached hydrogen (secondary N) is 1. The van der Waals surface area contributed by atoms with Crippen molar-refractivity contribution >= 4 is 10.9 Å². The Balaban J connectivity index is 2.41. The molecule has 1 N–H and O–H groups in total. The van der Waals surface area contributed by atoms with Crippen LogP contribution in [0.2, 0.25) is 0 Å². The molecule has 1 heterocycles. The van der Waals surface area contributed by atoms with Gasteiger partial charge in [0.15, 0.2) is 0 Å². The van der Waals surface area contributed by atoms with E-state index < -0.39 is 0 Å². The maximum absolute atomic E-state index is 3.18. The highest BCUT2D eigenvalue weighted by atomic mass is 14.7. The van der Waals surface area contributed by atoms with Crippen molar-refractivity contribution in [1.29, 1.82) is 0 Å². The Kier molecular flexibility index (Phi) is 2.28. The second-order valence-corrected chi connectivity index (χ2v) is 3.70. The fourth-order valence-corrected chi connectivity index (χ4v) is 1.35. The van der Waals surface area contributed by atoms with Crippen LogP contribution in [0.3, 0.4) is 0 Å². The van der Waals surface area contributed by atoms with E-state index in [1.165, 1.54) is 5.39 Å². The third kappa shape index (κ3) is 1.80. The number of benzene rings is 1. The lowest BCUT2D eigenvalue weighted by Crippen LogP contribution is -1.79. The van der Waals surface area contributed by atoms with E-state index in [1.54, 1.807) is 0 Å². The number of fused-ring (bicyclic) bond motifs is 1. The van der Waals surface area contributed by atoms with Crippen LogP contribution in [0.4, 0.5) is 0 Å². The first-order valence-electron chi connectivity index (χ1n) is 4.84. The molecule has 0 amide bonds. The van der Waals surface area contributed by atoms with Gasteiger partial charge < -0.3 is 4.98 Å². The van der Waals surface area contributed by atoms with E-state index in [0.717, 1.165) is 11.1 Å². The number of hydrogen-bond donors (Lipinski definition) is 1. The number of aromatic nitrogens is 1. The fourth-order valence-electron chi connectivity index (χ4n) is 1.35. The monoisotopic (exact) mass is 183 g/mol. The zero-order chi connectivity index (χ0) is 9.97. The van der Waals surface area contributed by atoms with E-state index in [1.807, 2.05) is 6.20 Å². The van der Waals surface area contributed by atoms with Crippen LogP contribution in [0.15, 0.2) is 30.5 Å². The van der Waals surface area contributed by atoms with E-state index in [4.69, 9.17) is 0 Å². The molecule has 1 nitrogen and oxygen atoms in total. The van der Waals surface area contributed by atoms with Crippen molar-refractivity contribution in [2.24, 2.45) is 5.92 Å². The quantitative estimate of drug-likeness (QED) is 0.604. The predicted octanol–water partition coefficient (Wildman–Crippen LogP) is 3.18. The number of aromatic amines is 1.